The third-order valence-electron chi connectivity index (χ3n) is 8.38. The molecule has 0 heterocycles. The molecule has 0 atom stereocenters. The van der Waals surface area contributed by atoms with E-state index in [2.05, 4.69) is 92.8 Å². The van der Waals surface area contributed by atoms with E-state index in [0.717, 1.165) is 13.2 Å². The van der Waals surface area contributed by atoms with Gasteiger partial charge in [0.2, 0.25) is 0 Å². The number of unbranched alkanes of at least 4 members (excludes halogenated alkanes) is 30. The van der Waals surface area contributed by atoms with Crippen molar-refractivity contribution in [1.82, 2.24) is 0 Å². The molecular formula is C50H104O3. The van der Waals surface area contributed by atoms with E-state index < -0.39 is 0 Å². The average molecular weight is 753 g/mol. The summed E-state index contributed by atoms with van der Waals surface area (Å²) < 4.78 is 5.87. The van der Waals surface area contributed by atoms with Gasteiger partial charge in [-0.05, 0) is 12.8 Å². The molecule has 53 heavy (non-hydrogen) atoms. The molecule has 2 N–H and O–H groups in total. The van der Waals surface area contributed by atoms with Crippen molar-refractivity contribution in [3.05, 3.63) is 78.9 Å². The molecule has 0 aliphatic heterocycles. The summed E-state index contributed by atoms with van der Waals surface area (Å²) in [5.74, 6) is 0. The Morgan fingerprint density at radius 1 is 0.245 bits per heavy atom. The molecule has 0 aromatic heterocycles. The summed E-state index contributed by atoms with van der Waals surface area (Å²) in [4.78, 5) is 0. The molecule has 0 unspecified atom stereocenters. The normalized spacial score (nSPS) is 9.06. The monoisotopic (exact) mass is 753 g/mol. The number of hydrogen-bond acceptors (Lipinski definition) is 3. The standard InChI is InChI=1S/C36H74O.C2H6O2.6C2H4/c1-3-5-7-9-11-13-15-17-19-21-23-25-27-29-31-33-35-37-36-34-32-30-28-26-24-22-20-18-16-14-12-10-8-6-4-2;3-1-2-4;6*1-2/h3-36H2,1-2H3;3-4H,1-2H2;6*1-2H2. The Morgan fingerprint density at radius 3 is 0.509 bits per heavy atom. The molecule has 0 aromatic rings. The van der Waals surface area contributed by atoms with Crippen molar-refractivity contribution in [1.29, 1.82) is 0 Å². The van der Waals surface area contributed by atoms with E-state index in [1.54, 1.807) is 0 Å². The largest absolute Gasteiger partial charge is 0.394 e. The predicted octanol–water partition coefficient (Wildman–Crippen LogP) is 17.3. The Balaban J connectivity index is -0.000000182. The zero-order chi connectivity index (χ0) is 42.2. The lowest BCUT2D eigenvalue weighted by Gasteiger charge is -2.06. The second-order valence-corrected chi connectivity index (χ2v) is 12.7. The highest BCUT2D eigenvalue weighted by atomic mass is 16.5. The molecule has 0 spiro atoms. The fourth-order valence-electron chi connectivity index (χ4n) is 5.61. The molecule has 0 radical (unpaired) electrons. The van der Waals surface area contributed by atoms with Gasteiger partial charge < -0.3 is 14.9 Å². The van der Waals surface area contributed by atoms with Gasteiger partial charge in [-0.15, -0.1) is 78.9 Å². The molecule has 0 aromatic carbocycles. The summed E-state index contributed by atoms with van der Waals surface area (Å²) in [6, 6.07) is 0. The van der Waals surface area contributed by atoms with Crippen molar-refractivity contribution in [2.75, 3.05) is 26.4 Å². The summed E-state index contributed by atoms with van der Waals surface area (Å²) >= 11 is 0. The minimum absolute atomic E-state index is 0.125. The van der Waals surface area contributed by atoms with E-state index in [1.165, 1.54) is 205 Å². The van der Waals surface area contributed by atoms with Crippen molar-refractivity contribution in [3.8, 4) is 0 Å². The molecule has 0 rings (SSSR count). The molecule has 0 saturated heterocycles. The van der Waals surface area contributed by atoms with Crippen LogP contribution in [-0.4, -0.2) is 36.6 Å². The lowest BCUT2D eigenvalue weighted by molar-refractivity contribution is 0.125. The van der Waals surface area contributed by atoms with Gasteiger partial charge in [0.15, 0.2) is 0 Å². The van der Waals surface area contributed by atoms with Gasteiger partial charge in [0, 0.05) is 13.2 Å². The van der Waals surface area contributed by atoms with E-state index in [4.69, 9.17) is 14.9 Å². The SMILES string of the molecule is C=C.C=C.C=C.C=C.C=C.C=C.CCCCCCCCCCCCCCCCCCOCCCCCCCCCCCCCCCCCC.OCCO. The van der Waals surface area contributed by atoms with E-state index in [0.29, 0.717) is 0 Å². The van der Waals surface area contributed by atoms with Gasteiger partial charge in [-0.1, -0.05) is 206 Å². The van der Waals surface area contributed by atoms with Crippen LogP contribution in [0.2, 0.25) is 0 Å². The average Bonchev–Trinajstić information content (AvgIpc) is 3.24. The van der Waals surface area contributed by atoms with Crippen LogP contribution in [0.5, 0.6) is 0 Å². The first-order valence-electron chi connectivity index (χ1n) is 22.1. The molecule has 0 aliphatic carbocycles. The first-order chi connectivity index (χ1) is 26.3. The second-order valence-electron chi connectivity index (χ2n) is 12.7. The molecule has 0 aliphatic rings. The van der Waals surface area contributed by atoms with Crippen LogP contribution in [0.25, 0.3) is 0 Å². The lowest BCUT2D eigenvalue weighted by Crippen LogP contribution is -1.97. The maximum Gasteiger partial charge on any atom is 0.0662 e. The lowest BCUT2D eigenvalue weighted by atomic mass is 10.0. The summed E-state index contributed by atoms with van der Waals surface area (Å²) in [6.07, 6.45) is 46.0. The van der Waals surface area contributed by atoms with Gasteiger partial charge in [-0.3, -0.25) is 0 Å². The number of aliphatic hydroxyl groups is 2. The Labute approximate surface area is 338 Å². The van der Waals surface area contributed by atoms with Gasteiger partial charge >= 0.3 is 0 Å². The number of rotatable bonds is 35. The van der Waals surface area contributed by atoms with Gasteiger partial charge in [0.1, 0.15) is 0 Å². The third kappa shape index (κ3) is 106. The van der Waals surface area contributed by atoms with Crippen molar-refractivity contribution in [3.63, 3.8) is 0 Å². The molecular weight excluding hydrogens is 649 g/mol. The van der Waals surface area contributed by atoms with Crippen LogP contribution in [0.1, 0.15) is 219 Å². The van der Waals surface area contributed by atoms with Crippen LogP contribution < -0.4 is 0 Å². The molecule has 3 heteroatoms. The van der Waals surface area contributed by atoms with Crippen LogP contribution in [-0.2, 0) is 4.74 Å². The summed E-state index contributed by atoms with van der Waals surface area (Å²) in [5.41, 5.74) is 0. The Kier molecular flexibility index (Phi) is 128. The minimum atomic E-state index is -0.125. The van der Waals surface area contributed by atoms with Gasteiger partial charge in [0.25, 0.3) is 0 Å². The van der Waals surface area contributed by atoms with E-state index >= 15 is 0 Å². The molecule has 0 saturated carbocycles. The summed E-state index contributed by atoms with van der Waals surface area (Å²) in [6.45, 7) is 42.4. The van der Waals surface area contributed by atoms with Crippen LogP contribution in [0.4, 0.5) is 0 Å². The minimum Gasteiger partial charge on any atom is -0.394 e. The van der Waals surface area contributed by atoms with Crippen molar-refractivity contribution >= 4 is 0 Å². The van der Waals surface area contributed by atoms with Crippen LogP contribution in [0, 0.1) is 0 Å². The van der Waals surface area contributed by atoms with Crippen LogP contribution in [0.15, 0.2) is 78.9 Å². The number of aliphatic hydroxyl groups excluding tert-OH is 2. The van der Waals surface area contributed by atoms with Crippen LogP contribution in [0.3, 0.4) is 0 Å². The molecule has 0 fully saturated rings. The van der Waals surface area contributed by atoms with Gasteiger partial charge in [-0.25, -0.2) is 0 Å². The van der Waals surface area contributed by atoms with Crippen LogP contribution >= 0.6 is 0 Å². The highest BCUT2D eigenvalue weighted by Gasteiger charge is 1.97. The zero-order valence-corrected chi connectivity index (χ0v) is 37.2. The maximum atomic E-state index is 7.62. The van der Waals surface area contributed by atoms with E-state index in [1.807, 2.05) is 0 Å². The Hall–Kier alpha value is -1.68. The van der Waals surface area contributed by atoms with Crippen molar-refractivity contribution < 1.29 is 14.9 Å². The van der Waals surface area contributed by atoms with Crippen molar-refractivity contribution in [2.24, 2.45) is 0 Å². The number of ether oxygens (including phenoxy) is 1. The second kappa shape index (κ2) is 98.1. The Bertz CT molecular complexity index is 432. The highest BCUT2D eigenvalue weighted by Crippen LogP contribution is 2.15. The van der Waals surface area contributed by atoms with E-state index in [9.17, 15) is 0 Å². The molecule has 3 nitrogen and oxygen atoms in total. The Morgan fingerprint density at radius 2 is 0.377 bits per heavy atom. The maximum absolute atomic E-state index is 7.62. The third-order valence-corrected chi connectivity index (χ3v) is 8.38. The van der Waals surface area contributed by atoms with Gasteiger partial charge in [0.05, 0.1) is 13.2 Å². The first kappa shape index (κ1) is 69.2. The zero-order valence-electron chi connectivity index (χ0n) is 37.2. The smallest absolute Gasteiger partial charge is 0.0662 e. The van der Waals surface area contributed by atoms with E-state index in [-0.39, 0.29) is 13.2 Å². The fraction of sp³-hybridized carbons (Fsp3) is 0.760. The van der Waals surface area contributed by atoms with Gasteiger partial charge in [-0.2, -0.15) is 0 Å². The predicted molar refractivity (Wildman–Crippen MR) is 252 cm³/mol. The molecule has 0 amide bonds. The molecule has 322 valence electrons. The fourth-order valence-corrected chi connectivity index (χ4v) is 5.61. The number of hydrogen-bond donors (Lipinski definition) is 2. The summed E-state index contributed by atoms with van der Waals surface area (Å²) in [5, 5.41) is 15.2. The quantitative estimate of drug-likeness (QED) is 0.0501. The topological polar surface area (TPSA) is 49.7 Å². The van der Waals surface area contributed by atoms with Crippen molar-refractivity contribution in [2.45, 2.75) is 219 Å². The molecule has 0 bridgehead atoms. The summed E-state index contributed by atoms with van der Waals surface area (Å²) in [7, 11) is 0. The first-order valence-corrected chi connectivity index (χ1v) is 22.1. The highest BCUT2D eigenvalue weighted by molar-refractivity contribution is 4.52.